The summed E-state index contributed by atoms with van der Waals surface area (Å²) in [5, 5.41) is 7.33. The number of fused-ring (bicyclic) bond motifs is 2. The average Bonchev–Trinajstić information content (AvgIpc) is 3.44. The molecular weight excluding hydrogens is 430 g/mol. The van der Waals surface area contributed by atoms with Crippen LogP contribution in [0.15, 0.2) is 61.1 Å². The Morgan fingerprint density at radius 3 is 2.55 bits per heavy atom. The highest BCUT2D eigenvalue weighted by molar-refractivity contribution is 7.22. The van der Waals surface area contributed by atoms with E-state index >= 15 is 0 Å². The lowest BCUT2D eigenvalue weighted by Crippen LogP contribution is -2.46. The molecule has 4 heterocycles. The third kappa shape index (κ3) is 3.28. The van der Waals surface area contributed by atoms with E-state index in [1.807, 2.05) is 59.4 Å². The largest absolute Gasteiger partial charge is 0.352 e. The summed E-state index contributed by atoms with van der Waals surface area (Å²) in [6, 6.07) is 15.9. The van der Waals surface area contributed by atoms with Gasteiger partial charge in [0.2, 0.25) is 0 Å². The monoisotopic (exact) mass is 447 g/mol. The lowest BCUT2D eigenvalue weighted by atomic mass is 10.3. The molecule has 5 aromatic rings. The maximum absolute atomic E-state index is 6.13. The van der Waals surface area contributed by atoms with Crippen molar-refractivity contribution >= 4 is 55.1 Å². The molecule has 0 atom stereocenters. The summed E-state index contributed by atoms with van der Waals surface area (Å²) in [5.74, 6) is 0.933. The summed E-state index contributed by atoms with van der Waals surface area (Å²) >= 11 is 7.82. The van der Waals surface area contributed by atoms with Crippen molar-refractivity contribution in [2.75, 3.05) is 36.0 Å². The van der Waals surface area contributed by atoms with Crippen molar-refractivity contribution in [2.24, 2.45) is 0 Å². The molecule has 0 bridgehead atoms. The van der Waals surface area contributed by atoms with Crippen LogP contribution < -0.4 is 9.80 Å². The van der Waals surface area contributed by atoms with Gasteiger partial charge in [-0.05, 0) is 30.3 Å². The van der Waals surface area contributed by atoms with E-state index in [1.165, 1.54) is 0 Å². The molecular formula is C22H18ClN7S. The van der Waals surface area contributed by atoms with E-state index in [1.54, 1.807) is 17.7 Å². The van der Waals surface area contributed by atoms with E-state index in [4.69, 9.17) is 16.6 Å². The Labute approximate surface area is 187 Å². The molecule has 7 nitrogen and oxygen atoms in total. The Morgan fingerprint density at radius 2 is 1.71 bits per heavy atom. The van der Waals surface area contributed by atoms with Crippen molar-refractivity contribution in [3.05, 3.63) is 66.1 Å². The zero-order valence-electron chi connectivity index (χ0n) is 16.5. The second kappa shape index (κ2) is 7.47. The first-order valence-corrected chi connectivity index (χ1v) is 11.3. The summed E-state index contributed by atoms with van der Waals surface area (Å²) in [5.41, 5.74) is 2.81. The molecule has 0 saturated carbocycles. The van der Waals surface area contributed by atoms with Crippen LogP contribution in [0.3, 0.4) is 0 Å². The normalized spacial score (nSPS) is 14.6. The fourth-order valence-electron chi connectivity index (χ4n) is 3.97. The number of halogens is 1. The number of thiazole rings is 1. The van der Waals surface area contributed by atoms with E-state index in [0.29, 0.717) is 0 Å². The van der Waals surface area contributed by atoms with Gasteiger partial charge in [0.05, 0.1) is 27.5 Å². The van der Waals surface area contributed by atoms with Crippen LogP contribution in [0.1, 0.15) is 0 Å². The maximum atomic E-state index is 6.13. The highest BCUT2D eigenvalue weighted by Crippen LogP contribution is 2.32. The standard InChI is InChI=1S/C22H18ClN7S/c23-15-6-7-18-19(12-15)31-22(27-18)29-10-8-28(9-11-29)20-17-13-26-30(21(17)25-14-24-20)16-4-2-1-3-5-16/h1-7,12-14H,8-11H2. The molecule has 6 rings (SSSR count). The number of nitrogens with zero attached hydrogens (tertiary/aromatic N) is 7. The van der Waals surface area contributed by atoms with Gasteiger partial charge in [-0.15, -0.1) is 0 Å². The van der Waals surface area contributed by atoms with Gasteiger partial charge in [0.15, 0.2) is 10.8 Å². The SMILES string of the molecule is Clc1ccc2nc(N3CCN(c4ncnc5c4cnn5-c4ccccc4)CC3)sc2c1. The van der Waals surface area contributed by atoms with Crippen molar-refractivity contribution in [3.63, 3.8) is 0 Å². The van der Waals surface area contributed by atoms with Crippen LogP contribution in [0.5, 0.6) is 0 Å². The molecule has 0 aliphatic carbocycles. The van der Waals surface area contributed by atoms with Gasteiger partial charge in [-0.1, -0.05) is 41.1 Å². The first-order chi connectivity index (χ1) is 15.3. The van der Waals surface area contributed by atoms with Crippen molar-refractivity contribution in [1.82, 2.24) is 24.7 Å². The Kier molecular flexibility index (Phi) is 4.47. The van der Waals surface area contributed by atoms with Crippen LogP contribution in [0.25, 0.3) is 26.9 Å². The van der Waals surface area contributed by atoms with Crippen LogP contribution in [0, 0.1) is 0 Å². The van der Waals surface area contributed by atoms with Crippen molar-refractivity contribution < 1.29 is 0 Å². The molecule has 2 aromatic carbocycles. The second-order valence-corrected chi connectivity index (χ2v) is 8.85. The zero-order chi connectivity index (χ0) is 20.8. The van der Waals surface area contributed by atoms with Gasteiger partial charge in [-0.2, -0.15) is 5.10 Å². The highest BCUT2D eigenvalue weighted by Gasteiger charge is 2.23. The molecule has 9 heteroatoms. The van der Waals surface area contributed by atoms with Crippen molar-refractivity contribution in [2.45, 2.75) is 0 Å². The number of hydrogen-bond acceptors (Lipinski definition) is 7. The molecule has 154 valence electrons. The van der Waals surface area contributed by atoms with E-state index < -0.39 is 0 Å². The molecule has 0 amide bonds. The first kappa shape index (κ1) is 18.5. The fourth-order valence-corrected chi connectivity index (χ4v) is 5.27. The Balaban J connectivity index is 1.25. The zero-order valence-corrected chi connectivity index (χ0v) is 18.1. The van der Waals surface area contributed by atoms with E-state index in [0.717, 1.165) is 69.1 Å². The van der Waals surface area contributed by atoms with Crippen LogP contribution >= 0.6 is 22.9 Å². The van der Waals surface area contributed by atoms with Gasteiger partial charge in [-0.3, -0.25) is 0 Å². The number of rotatable bonds is 3. The topological polar surface area (TPSA) is 63.0 Å². The summed E-state index contributed by atoms with van der Waals surface area (Å²) in [6.45, 7) is 3.48. The Bertz CT molecular complexity index is 1370. The summed E-state index contributed by atoms with van der Waals surface area (Å²) in [7, 11) is 0. The van der Waals surface area contributed by atoms with Crippen molar-refractivity contribution in [3.8, 4) is 5.69 Å². The molecule has 0 spiro atoms. The Morgan fingerprint density at radius 1 is 0.903 bits per heavy atom. The van der Waals surface area contributed by atoms with Crippen LogP contribution in [0.4, 0.5) is 10.9 Å². The number of piperazine rings is 1. The smallest absolute Gasteiger partial charge is 0.186 e. The molecule has 0 radical (unpaired) electrons. The molecule has 1 aliphatic heterocycles. The number of para-hydroxylation sites is 1. The summed E-state index contributed by atoms with van der Waals surface area (Å²) in [4.78, 5) is 18.5. The molecule has 0 unspecified atom stereocenters. The van der Waals surface area contributed by atoms with Crippen LogP contribution in [-0.4, -0.2) is 50.9 Å². The third-order valence-corrected chi connectivity index (χ3v) is 6.85. The highest BCUT2D eigenvalue weighted by atomic mass is 35.5. The van der Waals surface area contributed by atoms with Gasteiger partial charge in [0.25, 0.3) is 0 Å². The molecule has 31 heavy (non-hydrogen) atoms. The minimum absolute atomic E-state index is 0.747. The van der Waals surface area contributed by atoms with E-state index in [2.05, 4.69) is 24.9 Å². The Hall–Kier alpha value is -3.23. The lowest BCUT2D eigenvalue weighted by molar-refractivity contribution is 0.648. The van der Waals surface area contributed by atoms with E-state index in [9.17, 15) is 0 Å². The second-order valence-electron chi connectivity index (χ2n) is 7.41. The predicted molar refractivity (Wildman–Crippen MR) is 126 cm³/mol. The summed E-state index contributed by atoms with van der Waals surface area (Å²) < 4.78 is 2.99. The quantitative estimate of drug-likeness (QED) is 0.408. The molecule has 0 N–H and O–H groups in total. The summed E-state index contributed by atoms with van der Waals surface area (Å²) in [6.07, 6.45) is 3.49. The number of hydrogen-bond donors (Lipinski definition) is 0. The predicted octanol–water partition coefficient (Wildman–Crippen LogP) is 4.41. The minimum Gasteiger partial charge on any atom is -0.352 e. The maximum Gasteiger partial charge on any atom is 0.186 e. The molecule has 1 aliphatic rings. The minimum atomic E-state index is 0.747. The van der Waals surface area contributed by atoms with E-state index in [-0.39, 0.29) is 0 Å². The average molecular weight is 448 g/mol. The van der Waals surface area contributed by atoms with Gasteiger partial charge < -0.3 is 9.80 Å². The van der Waals surface area contributed by atoms with Crippen LogP contribution in [0.2, 0.25) is 5.02 Å². The number of benzene rings is 2. The lowest BCUT2D eigenvalue weighted by Gasteiger charge is -2.35. The molecule has 1 saturated heterocycles. The van der Waals surface area contributed by atoms with Gasteiger partial charge in [0.1, 0.15) is 12.1 Å². The molecule has 1 fully saturated rings. The first-order valence-electron chi connectivity index (χ1n) is 10.1. The number of aromatic nitrogens is 5. The third-order valence-electron chi connectivity index (χ3n) is 5.53. The molecule has 3 aromatic heterocycles. The fraction of sp³-hybridized carbons (Fsp3) is 0.182. The van der Waals surface area contributed by atoms with Crippen molar-refractivity contribution in [1.29, 1.82) is 0 Å². The van der Waals surface area contributed by atoms with Crippen LogP contribution in [-0.2, 0) is 0 Å². The van der Waals surface area contributed by atoms with Gasteiger partial charge >= 0.3 is 0 Å². The van der Waals surface area contributed by atoms with Gasteiger partial charge in [-0.25, -0.2) is 19.6 Å². The van der Waals surface area contributed by atoms with Gasteiger partial charge in [0, 0.05) is 31.2 Å². The number of anilines is 2.